The maximum atomic E-state index is 13.8. The fourth-order valence-electron chi connectivity index (χ4n) is 3.72. The molecule has 0 radical (unpaired) electrons. The van der Waals surface area contributed by atoms with Gasteiger partial charge in [-0.15, -0.1) is 10.2 Å². The molecule has 0 fully saturated rings. The molecule has 2 aromatic heterocycles. The van der Waals surface area contributed by atoms with Crippen LogP contribution in [0.1, 0.15) is 11.1 Å². The summed E-state index contributed by atoms with van der Waals surface area (Å²) >= 11 is 1.17. The van der Waals surface area contributed by atoms with Gasteiger partial charge in [-0.05, 0) is 36.8 Å². The molecule has 9 heteroatoms. The number of hydrogen-bond acceptors (Lipinski definition) is 5. The number of aromatic nitrogens is 4. The number of nitrogens with one attached hydrogen (secondary N) is 1. The van der Waals surface area contributed by atoms with Gasteiger partial charge in [-0.25, -0.2) is 4.39 Å². The summed E-state index contributed by atoms with van der Waals surface area (Å²) in [5, 5.41) is 12.1. The van der Waals surface area contributed by atoms with Gasteiger partial charge in [-0.3, -0.25) is 18.6 Å². The van der Waals surface area contributed by atoms with Gasteiger partial charge in [0.2, 0.25) is 11.7 Å². The number of thioether (sulfide) groups is 1. The van der Waals surface area contributed by atoms with Gasteiger partial charge in [0.1, 0.15) is 5.82 Å². The summed E-state index contributed by atoms with van der Waals surface area (Å²) in [5.41, 5.74) is 2.71. The van der Waals surface area contributed by atoms with E-state index in [2.05, 4.69) is 15.5 Å². The van der Waals surface area contributed by atoms with E-state index < -0.39 is 5.82 Å². The highest BCUT2D eigenvalue weighted by Gasteiger charge is 2.18. The first-order chi connectivity index (χ1) is 16.5. The average molecular weight is 474 g/mol. The first-order valence-corrected chi connectivity index (χ1v) is 11.6. The number of carbonyl (C=O) groups is 1. The Balaban J connectivity index is 1.50. The van der Waals surface area contributed by atoms with Crippen molar-refractivity contribution in [3.8, 4) is 0 Å². The molecule has 2 heterocycles. The second kappa shape index (κ2) is 9.11. The number of benzene rings is 3. The van der Waals surface area contributed by atoms with Crippen molar-refractivity contribution in [3.05, 3.63) is 100 Å². The number of hydrogen-bond donors (Lipinski definition) is 1. The second-order valence-corrected chi connectivity index (χ2v) is 8.77. The van der Waals surface area contributed by atoms with E-state index in [0.717, 1.165) is 11.1 Å². The number of para-hydroxylation sites is 2. The highest BCUT2D eigenvalue weighted by molar-refractivity contribution is 7.99. The average Bonchev–Trinajstić information content (AvgIpc) is 3.27. The number of fused-ring (bicyclic) bond motifs is 3. The Morgan fingerprint density at radius 1 is 1.00 bits per heavy atom. The third-order valence-corrected chi connectivity index (χ3v) is 6.35. The zero-order valence-electron chi connectivity index (χ0n) is 18.2. The molecule has 34 heavy (non-hydrogen) atoms. The largest absolute Gasteiger partial charge is 0.323 e. The van der Waals surface area contributed by atoms with E-state index in [1.54, 1.807) is 27.2 Å². The Morgan fingerprint density at radius 3 is 2.53 bits per heavy atom. The van der Waals surface area contributed by atoms with Crippen LogP contribution in [-0.4, -0.2) is 30.8 Å². The van der Waals surface area contributed by atoms with E-state index in [-0.39, 0.29) is 22.9 Å². The van der Waals surface area contributed by atoms with E-state index in [4.69, 9.17) is 0 Å². The molecule has 3 aromatic carbocycles. The summed E-state index contributed by atoms with van der Waals surface area (Å²) in [7, 11) is 0. The van der Waals surface area contributed by atoms with Crippen molar-refractivity contribution in [3.63, 3.8) is 0 Å². The first kappa shape index (κ1) is 21.8. The van der Waals surface area contributed by atoms with E-state index in [1.807, 2.05) is 49.4 Å². The fraction of sp³-hybridized carbons (Fsp3) is 0.120. The first-order valence-electron chi connectivity index (χ1n) is 10.6. The van der Waals surface area contributed by atoms with Crippen LogP contribution in [0, 0.1) is 12.7 Å². The minimum Gasteiger partial charge on any atom is -0.323 e. The quantitative estimate of drug-likeness (QED) is 0.373. The smallest absolute Gasteiger partial charge is 0.263 e. The maximum Gasteiger partial charge on any atom is 0.263 e. The van der Waals surface area contributed by atoms with Gasteiger partial charge in [-0.2, -0.15) is 0 Å². The van der Waals surface area contributed by atoms with Crippen molar-refractivity contribution < 1.29 is 9.18 Å². The van der Waals surface area contributed by atoms with Crippen LogP contribution in [0.15, 0.2) is 82.7 Å². The van der Waals surface area contributed by atoms with Crippen LogP contribution in [0.5, 0.6) is 0 Å². The molecule has 0 saturated carbocycles. The van der Waals surface area contributed by atoms with Crippen molar-refractivity contribution in [1.82, 2.24) is 19.2 Å². The van der Waals surface area contributed by atoms with Crippen molar-refractivity contribution in [1.29, 1.82) is 0 Å². The Morgan fingerprint density at radius 2 is 1.74 bits per heavy atom. The minimum atomic E-state index is -0.500. The number of halogens is 1. The zero-order chi connectivity index (χ0) is 23.7. The molecule has 0 aliphatic heterocycles. The summed E-state index contributed by atoms with van der Waals surface area (Å²) in [5.74, 6) is -0.481. The van der Waals surface area contributed by atoms with Crippen molar-refractivity contribution in [2.45, 2.75) is 18.6 Å². The normalized spacial score (nSPS) is 11.2. The van der Waals surface area contributed by atoms with Crippen molar-refractivity contribution in [2.24, 2.45) is 0 Å². The van der Waals surface area contributed by atoms with Gasteiger partial charge in [0.15, 0.2) is 5.16 Å². The molecule has 0 atom stereocenters. The molecule has 0 aliphatic carbocycles. The molecule has 5 rings (SSSR count). The lowest BCUT2D eigenvalue weighted by atomic mass is 10.1. The number of amides is 1. The third-order valence-electron chi connectivity index (χ3n) is 5.42. The lowest BCUT2D eigenvalue weighted by Crippen LogP contribution is -2.24. The summed E-state index contributed by atoms with van der Waals surface area (Å²) in [6.45, 7) is 2.35. The predicted octanol–water partition coefficient (Wildman–Crippen LogP) is 4.27. The maximum absolute atomic E-state index is 13.8. The number of aryl methyl sites for hydroxylation is 1. The summed E-state index contributed by atoms with van der Waals surface area (Å²) in [6, 6.07) is 21.2. The second-order valence-electron chi connectivity index (χ2n) is 7.83. The molecule has 0 bridgehead atoms. The molecular formula is C25H20FN5O2S. The van der Waals surface area contributed by atoms with Gasteiger partial charge < -0.3 is 5.32 Å². The summed E-state index contributed by atoms with van der Waals surface area (Å²) < 4.78 is 17.2. The molecule has 0 aliphatic rings. The van der Waals surface area contributed by atoms with Crippen LogP contribution >= 0.6 is 11.8 Å². The molecule has 170 valence electrons. The molecular weight excluding hydrogens is 453 g/mol. The molecule has 1 amide bonds. The van der Waals surface area contributed by atoms with Crippen molar-refractivity contribution >= 4 is 40.0 Å². The van der Waals surface area contributed by atoms with Gasteiger partial charge in [-0.1, -0.05) is 65.9 Å². The van der Waals surface area contributed by atoms with Gasteiger partial charge >= 0.3 is 0 Å². The van der Waals surface area contributed by atoms with E-state index in [9.17, 15) is 14.0 Å². The molecule has 7 nitrogen and oxygen atoms in total. The highest BCUT2D eigenvalue weighted by atomic mass is 32.2. The molecule has 0 saturated heterocycles. The van der Waals surface area contributed by atoms with Crippen molar-refractivity contribution in [2.75, 3.05) is 11.1 Å². The lowest BCUT2D eigenvalue weighted by Gasteiger charge is -2.11. The monoisotopic (exact) mass is 473 g/mol. The van der Waals surface area contributed by atoms with Crippen LogP contribution in [0.4, 0.5) is 10.1 Å². The van der Waals surface area contributed by atoms with Gasteiger partial charge in [0, 0.05) is 0 Å². The molecule has 1 N–H and O–H groups in total. The topological polar surface area (TPSA) is 81.3 Å². The Labute approximate surface area is 198 Å². The Kier molecular flexibility index (Phi) is 5.85. The minimum absolute atomic E-state index is 0.000539. The SMILES string of the molecule is Cc1ccc(Cn2c(=O)c3ccccc3n3c(SCC(=O)Nc4ccccc4F)nnc23)cc1. The molecule has 5 aromatic rings. The van der Waals surface area contributed by atoms with Crippen LogP contribution in [0.2, 0.25) is 0 Å². The van der Waals surface area contributed by atoms with Gasteiger partial charge in [0.25, 0.3) is 5.56 Å². The van der Waals surface area contributed by atoms with Crippen LogP contribution < -0.4 is 10.9 Å². The number of nitrogens with zero attached hydrogens (tertiary/aromatic N) is 4. The molecule has 0 spiro atoms. The molecule has 0 unspecified atom stereocenters. The van der Waals surface area contributed by atoms with Gasteiger partial charge in [0.05, 0.1) is 28.9 Å². The highest BCUT2D eigenvalue weighted by Crippen LogP contribution is 2.23. The zero-order valence-corrected chi connectivity index (χ0v) is 19.1. The number of carbonyl (C=O) groups excluding carboxylic acids is 1. The Bertz CT molecular complexity index is 1580. The predicted molar refractivity (Wildman–Crippen MR) is 131 cm³/mol. The Hall–Kier alpha value is -3.98. The van der Waals surface area contributed by atoms with Crippen LogP contribution in [0.25, 0.3) is 16.7 Å². The summed E-state index contributed by atoms with van der Waals surface area (Å²) in [6.07, 6.45) is 0. The lowest BCUT2D eigenvalue weighted by molar-refractivity contribution is -0.113. The van der Waals surface area contributed by atoms with E-state index in [0.29, 0.717) is 28.4 Å². The van der Waals surface area contributed by atoms with E-state index >= 15 is 0 Å². The number of rotatable bonds is 6. The fourth-order valence-corrected chi connectivity index (χ4v) is 4.46. The summed E-state index contributed by atoms with van der Waals surface area (Å²) in [4.78, 5) is 25.7. The van der Waals surface area contributed by atoms with Crippen LogP contribution in [-0.2, 0) is 11.3 Å². The standard InChI is InChI=1S/C25H20FN5O2S/c1-16-10-12-17(13-11-16)14-30-23(33)18-6-2-5-9-21(18)31-24(30)28-29-25(31)34-15-22(32)27-20-8-4-3-7-19(20)26/h2-13H,14-15H2,1H3,(H,27,32). The third kappa shape index (κ3) is 4.17. The van der Waals surface area contributed by atoms with E-state index in [1.165, 1.54) is 23.9 Å². The number of anilines is 1. The van der Waals surface area contributed by atoms with Crippen LogP contribution in [0.3, 0.4) is 0 Å².